The molecule has 1 heterocycles. The topological polar surface area (TPSA) is 65.4 Å². The Balaban J connectivity index is 1.77. The molecule has 2 aliphatic rings. The fourth-order valence-electron chi connectivity index (χ4n) is 1.97. The molecule has 5 nitrogen and oxygen atoms in total. The van der Waals surface area contributed by atoms with Gasteiger partial charge in [-0.25, -0.2) is 0 Å². The Kier molecular flexibility index (Phi) is 3.65. The molecule has 1 aliphatic heterocycles. The molecule has 2 fully saturated rings. The van der Waals surface area contributed by atoms with Crippen molar-refractivity contribution in [3.05, 3.63) is 0 Å². The van der Waals surface area contributed by atoms with E-state index in [2.05, 4.69) is 11.4 Å². The van der Waals surface area contributed by atoms with Gasteiger partial charge in [-0.1, -0.05) is 0 Å². The van der Waals surface area contributed by atoms with Gasteiger partial charge in [-0.15, -0.1) is 0 Å². The molecule has 1 N–H and O–H groups in total. The third kappa shape index (κ3) is 3.18. The Bertz CT molecular complexity index is 329. The summed E-state index contributed by atoms with van der Waals surface area (Å²) < 4.78 is 5.63. The number of nitrogens with zero attached hydrogens (tertiary/aromatic N) is 2. The molecule has 17 heavy (non-hydrogen) atoms. The molecule has 5 heteroatoms. The molecule has 0 radical (unpaired) electrons. The van der Waals surface area contributed by atoms with Crippen molar-refractivity contribution in [1.82, 2.24) is 10.2 Å². The molecule has 0 spiro atoms. The molecule has 1 saturated carbocycles. The maximum Gasteiger partial charge on any atom is 0.248 e. The van der Waals surface area contributed by atoms with Crippen molar-refractivity contribution in [3.8, 4) is 6.07 Å². The minimum atomic E-state index is -0.180. The number of ether oxygens (including phenoxy) is 1. The number of rotatable bonds is 6. The number of hydrogen-bond acceptors (Lipinski definition) is 4. The lowest BCUT2D eigenvalue weighted by molar-refractivity contribution is -0.146. The largest absolute Gasteiger partial charge is 0.363 e. The molecule has 0 bridgehead atoms. The fourth-order valence-corrected chi connectivity index (χ4v) is 1.97. The first kappa shape index (κ1) is 12.3. The van der Waals surface area contributed by atoms with E-state index in [1.807, 2.05) is 6.92 Å². The Labute approximate surface area is 102 Å². The second kappa shape index (κ2) is 5.03. The lowest BCUT2D eigenvalue weighted by Crippen LogP contribution is -2.59. The van der Waals surface area contributed by atoms with Crippen LogP contribution in [-0.4, -0.2) is 48.7 Å². The SMILES string of the molecule is CC1(OCC(=O)N(CCC#N)C2CC2)CNC1. The quantitative estimate of drug-likeness (QED) is 0.720. The van der Waals surface area contributed by atoms with Crippen LogP contribution in [0.25, 0.3) is 0 Å². The van der Waals surface area contributed by atoms with Crippen molar-refractivity contribution in [1.29, 1.82) is 5.26 Å². The molecule has 0 aromatic rings. The van der Waals surface area contributed by atoms with E-state index in [4.69, 9.17) is 10.00 Å². The molecular weight excluding hydrogens is 218 g/mol. The Hall–Kier alpha value is -1.12. The van der Waals surface area contributed by atoms with Crippen LogP contribution in [0.5, 0.6) is 0 Å². The predicted octanol–water partition coefficient (Wildman–Crippen LogP) is 0.270. The van der Waals surface area contributed by atoms with E-state index < -0.39 is 0 Å². The van der Waals surface area contributed by atoms with Crippen molar-refractivity contribution in [2.45, 2.75) is 37.8 Å². The monoisotopic (exact) mass is 237 g/mol. The zero-order chi connectivity index (χ0) is 12.3. The Morgan fingerprint density at radius 2 is 2.29 bits per heavy atom. The number of hydrogen-bond donors (Lipinski definition) is 1. The van der Waals surface area contributed by atoms with Gasteiger partial charge in [0.2, 0.25) is 5.91 Å². The van der Waals surface area contributed by atoms with Gasteiger partial charge in [0.25, 0.3) is 0 Å². The zero-order valence-electron chi connectivity index (χ0n) is 10.2. The van der Waals surface area contributed by atoms with Crippen LogP contribution in [0.15, 0.2) is 0 Å². The van der Waals surface area contributed by atoms with E-state index >= 15 is 0 Å². The third-order valence-corrected chi connectivity index (χ3v) is 3.31. The molecule has 0 atom stereocenters. The molecule has 0 aromatic carbocycles. The highest BCUT2D eigenvalue weighted by Gasteiger charge is 2.36. The predicted molar refractivity (Wildman–Crippen MR) is 62.2 cm³/mol. The Morgan fingerprint density at radius 1 is 1.59 bits per heavy atom. The summed E-state index contributed by atoms with van der Waals surface area (Å²) >= 11 is 0. The molecule has 0 unspecified atom stereocenters. The van der Waals surface area contributed by atoms with Crippen LogP contribution in [-0.2, 0) is 9.53 Å². The summed E-state index contributed by atoms with van der Waals surface area (Å²) in [6, 6.07) is 2.44. The van der Waals surface area contributed by atoms with E-state index in [9.17, 15) is 4.79 Å². The number of carbonyl (C=O) groups excluding carboxylic acids is 1. The van der Waals surface area contributed by atoms with E-state index in [-0.39, 0.29) is 18.1 Å². The van der Waals surface area contributed by atoms with Gasteiger partial charge in [0.15, 0.2) is 0 Å². The average Bonchev–Trinajstić information content (AvgIpc) is 3.08. The first-order valence-corrected chi connectivity index (χ1v) is 6.16. The van der Waals surface area contributed by atoms with Crippen molar-refractivity contribution >= 4 is 5.91 Å². The summed E-state index contributed by atoms with van der Waals surface area (Å²) in [6.45, 7) is 4.30. The van der Waals surface area contributed by atoms with Gasteiger partial charge in [0.05, 0.1) is 18.1 Å². The van der Waals surface area contributed by atoms with Gasteiger partial charge < -0.3 is 15.0 Å². The maximum atomic E-state index is 12.0. The first-order valence-electron chi connectivity index (χ1n) is 6.16. The van der Waals surface area contributed by atoms with E-state index in [0.29, 0.717) is 19.0 Å². The number of nitriles is 1. The Morgan fingerprint density at radius 3 is 2.76 bits per heavy atom. The summed E-state index contributed by atoms with van der Waals surface area (Å²) in [4.78, 5) is 13.8. The number of carbonyl (C=O) groups is 1. The minimum absolute atomic E-state index is 0.0240. The highest BCUT2D eigenvalue weighted by Crippen LogP contribution is 2.27. The second-order valence-corrected chi connectivity index (χ2v) is 5.07. The van der Waals surface area contributed by atoms with Crippen LogP contribution in [0.2, 0.25) is 0 Å². The molecule has 0 aromatic heterocycles. The fraction of sp³-hybridized carbons (Fsp3) is 0.833. The second-order valence-electron chi connectivity index (χ2n) is 5.07. The van der Waals surface area contributed by atoms with Crippen molar-refractivity contribution in [3.63, 3.8) is 0 Å². The first-order chi connectivity index (χ1) is 8.14. The highest BCUT2D eigenvalue weighted by atomic mass is 16.5. The van der Waals surface area contributed by atoms with E-state index in [1.54, 1.807) is 4.90 Å². The van der Waals surface area contributed by atoms with Gasteiger partial charge >= 0.3 is 0 Å². The standard InChI is InChI=1S/C12H19N3O2/c1-12(8-14-9-12)17-7-11(16)15(6-2-5-13)10-3-4-10/h10,14H,2-4,6-9H2,1H3. The normalized spacial score (nSPS) is 21.4. The molecule has 94 valence electrons. The van der Waals surface area contributed by atoms with Crippen LogP contribution in [0.1, 0.15) is 26.2 Å². The van der Waals surface area contributed by atoms with Gasteiger partial charge in [-0.2, -0.15) is 5.26 Å². The average molecular weight is 237 g/mol. The van der Waals surface area contributed by atoms with E-state index in [0.717, 1.165) is 25.9 Å². The third-order valence-electron chi connectivity index (χ3n) is 3.31. The molecule has 1 saturated heterocycles. The highest BCUT2D eigenvalue weighted by molar-refractivity contribution is 5.78. The zero-order valence-corrected chi connectivity index (χ0v) is 10.2. The molecule has 1 aliphatic carbocycles. The van der Waals surface area contributed by atoms with Crippen molar-refractivity contribution in [2.75, 3.05) is 26.2 Å². The van der Waals surface area contributed by atoms with Gasteiger partial charge in [0.1, 0.15) is 6.61 Å². The molecule has 1 amide bonds. The summed E-state index contributed by atoms with van der Waals surface area (Å²) in [5.41, 5.74) is -0.180. The van der Waals surface area contributed by atoms with Crippen molar-refractivity contribution in [2.24, 2.45) is 0 Å². The summed E-state index contributed by atoms with van der Waals surface area (Å²) in [5, 5.41) is 11.7. The van der Waals surface area contributed by atoms with E-state index in [1.165, 1.54) is 0 Å². The number of nitrogens with one attached hydrogen (secondary N) is 1. The maximum absolute atomic E-state index is 12.0. The number of amides is 1. The van der Waals surface area contributed by atoms with Crippen LogP contribution in [0.4, 0.5) is 0 Å². The summed E-state index contributed by atoms with van der Waals surface area (Å²) in [6.07, 6.45) is 2.53. The summed E-state index contributed by atoms with van der Waals surface area (Å²) in [7, 11) is 0. The lowest BCUT2D eigenvalue weighted by Gasteiger charge is -2.39. The van der Waals surface area contributed by atoms with Gasteiger partial charge in [-0.05, 0) is 19.8 Å². The van der Waals surface area contributed by atoms with Crippen LogP contribution < -0.4 is 5.32 Å². The van der Waals surface area contributed by atoms with Crippen LogP contribution in [0.3, 0.4) is 0 Å². The smallest absolute Gasteiger partial charge is 0.248 e. The lowest BCUT2D eigenvalue weighted by atomic mass is 10.0. The molecule has 2 rings (SSSR count). The van der Waals surface area contributed by atoms with Crippen LogP contribution >= 0.6 is 0 Å². The minimum Gasteiger partial charge on any atom is -0.363 e. The van der Waals surface area contributed by atoms with Crippen molar-refractivity contribution < 1.29 is 9.53 Å². The van der Waals surface area contributed by atoms with Gasteiger partial charge in [0, 0.05) is 25.7 Å². The van der Waals surface area contributed by atoms with Gasteiger partial charge in [-0.3, -0.25) is 4.79 Å². The molecular formula is C12H19N3O2. The van der Waals surface area contributed by atoms with Crippen LogP contribution in [0, 0.1) is 11.3 Å². The summed E-state index contributed by atoms with van der Waals surface area (Å²) in [5.74, 6) is 0.0240.